The molecule has 5 rings (SSSR count). The fraction of sp³-hybridized carbons (Fsp3) is 0.312. The number of thiazole rings is 1. The van der Waals surface area contributed by atoms with E-state index in [1.165, 1.54) is 42.7 Å². The van der Waals surface area contributed by atoms with Gasteiger partial charge in [-0.3, -0.25) is 14.4 Å². The molecule has 1 amide bonds. The van der Waals surface area contributed by atoms with Gasteiger partial charge < -0.3 is 19.4 Å². The Labute approximate surface area is 254 Å². The van der Waals surface area contributed by atoms with E-state index in [0.717, 1.165) is 16.0 Å². The third-order valence-electron chi connectivity index (χ3n) is 6.82. The number of ether oxygens (including phenoxy) is 2. The Morgan fingerprint density at radius 3 is 2.47 bits per heavy atom. The number of nitrogens with one attached hydrogen (secondary N) is 1. The van der Waals surface area contributed by atoms with Crippen molar-refractivity contribution in [3.63, 3.8) is 0 Å². The number of fused-ring (bicyclic) bond motifs is 1. The number of aromatic amines is 1. The molecule has 4 heterocycles. The smallest absolute Gasteiger partial charge is 0.295 e. The second-order valence-corrected chi connectivity index (χ2v) is 10.6. The number of hydrogen-bond acceptors (Lipinski definition) is 9. The summed E-state index contributed by atoms with van der Waals surface area (Å²) < 4.78 is 10.9. The first-order valence-electron chi connectivity index (χ1n) is 14.0. The lowest BCUT2D eigenvalue weighted by molar-refractivity contribution is -0.126. The Balaban J connectivity index is 0.00000207. The molecule has 0 saturated carbocycles. The minimum absolute atomic E-state index is 0.0233. The van der Waals surface area contributed by atoms with Gasteiger partial charge in [0.2, 0.25) is 0 Å². The lowest BCUT2D eigenvalue weighted by Gasteiger charge is -2.28. The first kappa shape index (κ1) is 31.3. The van der Waals surface area contributed by atoms with E-state index < -0.39 is 11.7 Å². The summed E-state index contributed by atoms with van der Waals surface area (Å²) in [6.45, 7) is 6.42. The highest BCUT2D eigenvalue weighted by atomic mass is 32.1. The molecule has 0 aliphatic carbocycles. The van der Waals surface area contributed by atoms with Crippen LogP contribution in [0.3, 0.4) is 0 Å². The zero-order valence-electron chi connectivity index (χ0n) is 24.6. The molecule has 43 heavy (non-hydrogen) atoms. The summed E-state index contributed by atoms with van der Waals surface area (Å²) in [6.07, 6.45) is 5.70. The molecule has 1 fully saturated rings. The molecule has 4 aromatic rings. The molecule has 0 radical (unpaired) electrons. The number of piperidine rings is 1. The molecule has 0 unspecified atom stereocenters. The Morgan fingerprint density at radius 1 is 1.09 bits per heavy atom. The summed E-state index contributed by atoms with van der Waals surface area (Å²) in [4.78, 5) is 52.4. The van der Waals surface area contributed by atoms with Crippen LogP contribution < -0.4 is 4.74 Å². The zero-order valence-corrected chi connectivity index (χ0v) is 25.4. The molecule has 1 aliphatic heterocycles. The standard InChI is InChI=1S/C30H27N5O5S.C2H6/c1-18(36)16-40-17-21-13-34-29(41-21)27-26-25(24(39-2)15-33-27)23(14-32-26)28(37)30(38)35-10-8-20(9-11-35)22(12-31)19-6-4-3-5-7-19;1-2/h3-7,13-15,32H,8-11,16-17H2,1-2H3;1-2H3. The Hall–Kier alpha value is -4.66. The third-order valence-corrected chi connectivity index (χ3v) is 7.80. The number of aromatic nitrogens is 3. The van der Waals surface area contributed by atoms with E-state index >= 15 is 0 Å². The van der Waals surface area contributed by atoms with Crippen LogP contribution in [0.25, 0.3) is 27.2 Å². The van der Waals surface area contributed by atoms with Crippen molar-refractivity contribution in [1.29, 1.82) is 5.26 Å². The largest absolute Gasteiger partial charge is 0.494 e. The minimum atomic E-state index is -0.653. The topological polar surface area (TPSA) is 138 Å². The molecule has 11 heteroatoms. The lowest BCUT2D eigenvalue weighted by atomic mass is 9.93. The number of amides is 1. The van der Waals surface area contributed by atoms with Gasteiger partial charge >= 0.3 is 0 Å². The summed E-state index contributed by atoms with van der Waals surface area (Å²) in [7, 11) is 1.48. The van der Waals surface area contributed by atoms with Gasteiger partial charge in [-0.2, -0.15) is 5.26 Å². The van der Waals surface area contributed by atoms with Gasteiger partial charge in [0.1, 0.15) is 23.1 Å². The van der Waals surface area contributed by atoms with Crippen molar-refractivity contribution >= 4 is 45.3 Å². The van der Waals surface area contributed by atoms with Gasteiger partial charge in [-0.25, -0.2) is 9.97 Å². The number of benzene rings is 1. The summed E-state index contributed by atoms with van der Waals surface area (Å²) in [6, 6.07) is 11.8. The lowest BCUT2D eigenvalue weighted by Crippen LogP contribution is -2.40. The van der Waals surface area contributed by atoms with Crippen molar-refractivity contribution in [3.8, 4) is 22.5 Å². The zero-order chi connectivity index (χ0) is 30.9. The van der Waals surface area contributed by atoms with Gasteiger partial charge in [0.25, 0.3) is 11.7 Å². The number of Topliss-reactive ketones (excluding diaryl/α,β-unsaturated/α-hetero) is 2. The molecular weight excluding hydrogens is 566 g/mol. The molecule has 10 nitrogen and oxygen atoms in total. The highest BCUT2D eigenvalue weighted by Crippen LogP contribution is 2.36. The summed E-state index contributed by atoms with van der Waals surface area (Å²) in [5.41, 5.74) is 3.68. The summed E-state index contributed by atoms with van der Waals surface area (Å²) >= 11 is 1.36. The van der Waals surface area contributed by atoms with Gasteiger partial charge in [-0.1, -0.05) is 44.2 Å². The number of pyridine rings is 1. The number of likely N-dealkylation sites (tertiary alicyclic amines) is 1. The fourth-order valence-electron chi connectivity index (χ4n) is 4.83. The monoisotopic (exact) mass is 599 g/mol. The maximum atomic E-state index is 13.5. The van der Waals surface area contributed by atoms with Gasteiger partial charge in [0.15, 0.2) is 5.78 Å². The number of hydrogen-bond donors (Lipinski definition) is 1. The van der Waals surface area contributed by atoms with E-state index in [4.69, 9.17) is 9.47 Å². The van der Waals surface area contributed by atoms with Crippen LogP contribution in [-0.4, -0.2) is 64.1 Å². The molecule has 1 saturated heterocycles. The van der Waals surface area contributed by atoms with Crippen LogP contribution in [0.15, 0.2) is 54.5 Å². The third kappa shape index (κ3) is 6.88. The normalized spacial score (nSPS) is 12.7. The highest BCUT2D eigenvalue weighted by molar-refractivity contribution is 7.15. The number of allylic oxidation sites excluding steroid dienone is 1. The number of nitrogens with zero attached hydrogens (tertiary/aromatic N) is 4. The number of H-pyrrole nitrogens is 1. The van der Waals surface area contributed by atoms with Crippen molar-refractivity contribution in [1.82, 2.24) is 19.9 Å². The maximum absolute atomic E-state index is 13.5. The van der Waals surface area contributed by atoms with E-state index in [1.54, 1.807) is 6.20 Å². The molecule has 222 valence electrons. The highest BCUT2D eigenvalue weighted by Gasteiger charge is 2.30. The van der Waals surface area contributed by atoms with E-state index in [1.807, 2.05) is 44.2 Å². The number of carbonyl (C=O) groups is 3. The summed E-state index contributed by atoms with van der Waals surface area (Å²) in [5, 5.41) is 10.8. The molecule has 1 aromatic carbocycles. The predicted molar refractivity (Wildman–Crippen MR) is 165 cm³/mol. The second kappa shape index (κ2) is 14.5. The molecule has 1 N–H and O–H groups in total. The average molecular weight is 600 g/mol. The van der Waals surface area contributed by atoms with Crippen LogP contribution in [-0.2, 0) is 20.9 Å². The number of methoxy groups -OCH3 is 1. The van der Waals surface area contributed by atoms with Crippen LogP contribution in [0.5, 0.6) is 5.75 Å². The van der Waals surface area contributed by atoms with E-state index in [0.29, 0.717) is 58.9 Å². The van der Waals surface area contributed by atoms with Gasteiger partial charge in [-0.05, 0) is 30.9 Å². The van der Waals surface area contributed by atoms with Crippen molar-refractivity contribution in [2.24, 2.45) is 0 Å². The van der Waals surface area contributed by atoms with E-state index in [2.05, 4.69) is 21.0 Å². The average Bonchev–Trinajstić information content (AvgIpc) is 3.70. The Kier molecular flexibility index (Phi) is 10.5. The fourth-order valence-corrected chi connectivity index (χ4v) is 5.69. The van der Waals surface area contributed by atoms with E-state index in [9.17, 15) is 19.6 Å². The molecule has 3 aromatic heterocycles. The number of nitriles is 1. The number of rotatable bonds is 9. The van der Waals surface area contributed by atoms with Crippen molar-refractivity contribution < 1.29 is 23.9 Å². The first-order chi connectivity index (χ1) is 20.9. The Bertz CT molecular complexity index is 1690. The molecule has 0 spiro atoms. The van der Waals surface area contributed by atoms with Gasteiger partial charge in [0, 0.05) is 25.5 Å². The first-order valence-corrected chi connectivity index (χ1v) is 14.8. The molecule has 0 atom stereocenters. The summed E-state index contributed by atoms with van der Waals surface area (Å²) in [5.74, 6) is -0.969. The van der Waals surface area contributed by atoms with Gasteiger partial charge in [0.05, 0.1) is 52.9 Å². The number of carbonyl (C=O) groups excluding carboxylic acids is 3. The molecular formula is C32H33N5O5S. The SMILES string of the molecule is CC.COc1cnc(-c2ncc(COCC(C)=O)s2)c2[nH]cc(C(=O)C(=O)N3CCC(=C(C#N)c4ccccc4)CC3)c12. The predicted octanol–water partition coefficient (Wildman–Crippen LogP) is 5.61. The van der Waals surface area contributed by atoms with Crippen LogP contribution in [0, 0.1) is 11.3 Å². The van der Waals surface area contributed by atoms with Crippen LogP contribution in [0.4, 0.5) is 0 Å². The Morgan fingerprint density at radius 2 is 1.81 bits per heavy atom. The minimum Gasteiger partial charge on any atom is -0.494 e. The van der Waals surface area contributed by atoms with Crippen molar-refractivity contribution in [2.45, 2.75) is 40.2 Å². The second-order valence-electron chi connectivity index (χ2n) is 9.53. The maximum Gasteiger partial charge on any atom is 0.295 e. The van der Waals surface area contributed by atoms with Crippen molar-refractivity contribution in [2.75, 3.05) is 26.8 Å². The van der Waals surface area contributed by atoms with Crippen molar-refractivity contribution in [3.05, 3.63) is 70.5 Å². The van der Waals surface area contributed by atoms with Crippen LogP contribution in [0.1, 0.15) is 54.4 Å². The molecule has 1 aliphatic rings. The molecule has 0 bridgehead atoms. The van der Waals surface area contributed by atoms with Gasteiger partial charge in [-0.15, -0.1) is 11.3 Å². The number of ketones is 2. The van der Waals surface area contributed by atoms with Crippen LogP contribution >= 0.6 is 11.3 Å². The van der Waals surface area contributed by atoms with Crippen LogP contribution in [0.2, 0.25) is 0 Å². The quantitative estimate of drug-likeness (QED) is 0.149. The van der Waals surface area contributed by atoms with E-state index in [-0.39, 0.29) is 24.6 Å².